The number of hydrogen-bond donors (Lipinski definition) is 1. The number of carbonyl (C=O) groups is 2. The lowest BCUT2D eigenvalue weighted by Crippen LogP contribution is -2.43. The first kappa shape index (κ1) is 18.1. The largest absolute Gasteiger partial charge is 0.464 e. The molecule has 1 atom stereocenters. The zero-order valence-corrected chi connectivity index (χ0v) is 14.4. The normalized spacial score (nSPS) is 14.5. The highest BCUT2D eigenvalue weighted by molar-refractivity contribution is 5.84. The third-order valence-corrected chi connectivity index (χ3v) is 3.59. The molecule has 0 unspecified atom stereocenters. The number of benzene rings is 1. The van der Waals surface area contributed by atoms with Gasteiger partial charge in [0.2, 0.25) is 12.2 Å². The van der Waals surface area contributed by atoms with Gasteiger partial charge in [-0.1, -0.05) is 26.0 Å². The second kappa shape index (κ2) is 8.57. The van der Waals surface area contributed by atoms with Crippen molar-refractivity contribution in [3.05, 3.63) is 24.3 Å². The summed E-state index contributed by atoms with van der Waals surface area (Å²) in [6, 6.07) is 6.78. The van der Waals surface area contributed by atoms with Gasteiger partial charge in [-0.3, -0.25) is 4.79 Å². The number of amides is 1. The Bertz CT molecular complexity index is 547. The monoisotopic (exact) mass is 335 g/mol. The van der Waals surface area contributed by atoms with E-state index >= 15 is 0 Å². The Balaban J connectivity index is 1.80. The lowest BCUT2D eigenvalue weighted by Gasteiger charge is -2.19. The van der Waals surface area contributed by atoms with E-state index in [-0.39, 0.29) is 24.2 Å². The highest BCUT2D eigenvalue weighted by Crippen LogP contribution is 2.34. The summed E-state index contributed by atoms with van der Waals surface area (Å²) < 4.78 is 16.3. The fourth-order valence-corrected chi connectivity index (χ4v) is 2.51. The molecule has 6 heteroatoms. The van der Waals surface area contributed by atoms with Crippen LogP contribution in [0.3, 0.4) is 0 Å². The molecular weight excluding hydrogens is 310 g/mol. The fourth-order valence-electron chi connectivity index (χ4n) is 2.51. The van der Waals surface area contributed by atoms with Gasteiger partial charge in [0, 0.05) is 12.8 Å². The molecule has 0 saturated heterocycles. The summed E-state index contributed by atoms with van der Waals surface area (Å²) in [5.41, 5.74) is 0. The van der Waals surface area contributed by atoms with E-state index in [9.17, 15) is 9.59 Å². The summed E-state index contributed by atoms with van der Waals surface area (Å²) in [5, 5.41) is 2.75. The maximum Gasteiger partial charge on any atom is 0.328 e. The van der Waals surface area contributed by atoms with Crippen molar-refractivity contribution < 1.29 is 23.8 Å². The molecular formula is C18H25NO5. The Morgan fingerprint density at radius 2 is 1.83 bits per heavy atom. The molecule has 0 aromatic heterocycles. The van der Waals surface area contributed by atoms with Crippen LogP contribution in [0.5, 0.6) is 11.5 Å². The molecule has 0 fully saturated rings. The molecule has 1 amide bonds. The SMILES string of the molecule is CCOC(=O)[C@H](CC(C)C)NC(=O)CCC1Oc2ccccc2O1. The summed E-state index contributed by atoms with van der Waals surface area (Å²) in [6.07, 6.45) is 0.705. The van der Waals surface area contributed by atoms with Crippen molar-refractivity contribution in [2.45, 2.75) is 52.4 Å². The first-order chi connectivity index (χ1) is 11.5. The predicted octanol–water partition coefficient (Wildman–Crippen LogP) is 2.66. The van der Waals surface area contributed by atoms with Crippen LogP contribution < -0.4 is 14.8 Å². The lowest BCUT2D eigenvalue weighted by molar-refractivity contribution is -0.148. The highest BCUT2D eigenvalue weighted by Gasteiger charge is 2.26. The van der Waals surface area contributed by atoms with Crippen LogP contribution in [-0.2, 0) is 14.3 Å². The molecule has 0 radical (unpaired) electrons. The highest BCUT2D eigenvalue weighted by atomic mass is 16.7. The van der Waals surface area contributed by atoms with Gasteiger partial charge in [0.05, 0.1) is 6.61 Å². The number of nitrogens with one attached hydrogen (secondary N) is 1. The number of fused-ring (bicyclic) bond motifs is 1. The van der Waals surface area contributed by atoms with E-state index in [2.05, 4.69) is 5.32 Å². The van der Waals surface area contributed by atoms with Crippen LogP contribution >= 0.6 is 0 Å². The van der Waals surface area contributed by atoms with Crippen molar-refractivity contribution >= 4 is 11.9 Å². The molecule has 0 bridgehead atoms. The number of para-hydroxylation sites is 2. The van der Waals surface area contributed by atoms with Gasteiger partial charge in [0.15, 0.2) is 11.5 Å². The minimum absolute atomic E-state index is 0.211. The lowest BCUT2D eigenvalue weighted by atomic mass is 10.0. The van der Waals surface area contributed by atoms with Crippen molar-refractivity contribution in [3.63, 3.8) is 0 Å². The Kier molecular flexibility index (Phi) is 6.46. The van der Waals surface area contributed by atoms with Gasteiger partial charge < -0.3 is 19.5 Å². The quantitative estimate of drug-likeness (QED) is 0.739. The standard InChI is InChI=1S/C18H25NO5/c1-4-22-18(21)13(11-12(2)3)19-16(20)9-10-17-23-14-7-5-6-8-15(14)24-17/h5-8,12-13,17H,4,9-11H2,1-3H3,(H,19,20)/t13-/m0/s1. The first-order valence-electron chi connectivity index (χ1n) is 8.38. The molecule has 1 aliphatic heterocycles. The Labute approximate surface area is 142 Å². The summed E-state index contributed by atoms with van der Waals surface area (Å²) in [4.78, 5) is 24.1. The molecule has 132 valence electrons. The van der Waals surface area contributed by atoms with Crippen molar-refractivity contribution in [2.75, 3.05) is 6.61 Å². The Morgan fingerprint density at radius 1 is 1.21 bits per heavy atom. The van der Waals surface area contributed by atoms with Gasteiger partial charge in [0.25, 0.3) is 0 Å². The van der Waals surface area contributed by atoms with Gasteiger partial charge in [-0.25, -0.2) is 4.79 Å². The second-order valence-corrected chi connectivity index (χ2v) is 6.15. The molecule has 0 saturated carbocycles. The molecule has 1 N–H and O–H groups in total. The topological polar surface area (TPSA) is 73.9 Å². The van der Waals surface area contributed by atoms with Crippen LogP contribution in [0.15, 0.2) is 24.3 Å². The van der Waals surface area contributed by atoms with Gasteiger partial charge in [-0.05, 0) is 31.4 Å². The van der Waals surface area contributed by atoms with Crippen LogP contribution in [0.4, 0.5) is 0 Å². The van der Waals surface area contributed by atoms with E-state index in [1.807, 2.05) is 38.1 Å². The summed E-state index contributed by atoms with van der Waals surface area (Å²) >= 11 is 0. The molecule has 1 heterocycles. The molecule has 6 nitrogen and oxygen atoms in total. The molecule has 1 aromatic carbocycles. The average Bonchev–Trinajstić information content (AvgIpc) is 2.95. The van der Waals surface area contributed by atoms with E-state index in [4.69, 9.17) is 14.2 Å². The van der Waals surface area contributed by atoms with Gasteiger partial charge in [-0.15, -0.1) is 0 Å². The van der Waals surface area contributed by atoms with Crippen LogP contribution in [0.25, 0.3) is 0 Å². The number of ether oxygens (including phenoxy) is 3. The molecule has 0 spiro atoms. The minimum atomic E-state index is -0.611. The van der Waals surface area contributed by atoms with E-state index < -0.39 is 12.3 Å². The number of carbonyl (C=O) groups excluding carboxylic acids is 2. The van der Waals surface area contributed by atoms with E-state index in [1.165, 1.54) is 0 Å². The van der Waals surface area contributed by atoms with Gasteiger partial charge >= 0.3 is 5.97 Å². The maximum absolute atomic E-state index is 12.1. The fraction of sp³-hybridized carbons (Fsp3) is 0.556. The smallest absolute Gasteiger partial charge is 0.328 e. The van der Waals surface area contributed by atoms with Crippen LogP contribution in [-0.4, -0.2) is 30.8 Å². The van der Waals surface area contributed by atoms with Crippen LogP contribution in [0.2, 0.25) is 0 Å². The molecule has 2 rings (SSSR count). The minimum Gasteiger partial charge on any atom is -0.464 e. The van der Waals surface area contributed by atoms with Crippen molar-refractivity contribution in [1.82, 2.24) is 5.32 Å². The molecule has 1 aliphatic rings. The van der Waals surface area contributed by atoms with Crippen molar-refractivity contribution in [2.24, 2.45) is 5.92 Å². The number of esters is 1. The van der Waals surface area contributed by atoms with Crippen LogP contribution in [0.1, 0.15) is 40.0 Å². The van der Waals surface area contributed by atoms with Crippen molar-refractivity contribution in [1.29, 1.82) is 0 Å². The Hall–Kier alpha value is -2.24. The summed E-state index contributed by atoms with van der Waals surface area (Å²) in [6.45, 7) is 6.04. The molecule has 24 heavy (non-hydrogen) atoms. The third kappa shape index (κ3) is 5.15. The third-order valence-electron chi connectivity index (χ3n) is 3.59. The maximum atomic E-state index is 12.1. The first-order valence-corrected chi connectivity index (χ1v) is 8.38. The number of hydrogen-bond acceptors (Lipinski definition) is 5. The second-order valence-electron chi connectivity index (χ2n) is 6.15. The van der Waals surface area contributed by atoms with E-state index in [0.29, 0.717) is 30.9 Å². The zero-order chi connectivity index (χ0) is 17.5. The zero-order valence-electron chi connectivity index (χ0n) is 14.4. The average molecular weight is 335 g/mol. The van der Waals surface area contributed by atoms with Gasteiger partial charge in [-0.2, -0.15) is 0 Å². The summed E-state index contributed by atoms with van der Waals surface area (Å²) in [7, 11) is 0. The van der Waals surface area contributed by atoms with E-state index in [0.717, 1.165) is 0 Å². The van der Waals surface area contributed by atoms with E-state index in [1.54, 1.807) is 6.92 Å². The van der Waals surface area contributed by atoms with Crippen molar-refractivity contribution in [3.8, 4) is 11.5 Å². The molecule has 0 aliphatic carbocycles. The molecule has 1 aromatic rings. The number of rotatable bonds is 8. The van der Waals surface area contributed by atoms with Crippen LogP contribution in [0, 0.1) is 5.92 Å². The predicted molar refractivity (Wildman–Crippen MR) is 88.7 cm³/mol. The Morgan fingerprint density at radius 3 is 2.38 bits per heavy atom. The summed E-state index contributed by atoms with van der Waals surface area (Å²) in [5.74, 6) is 1.05. The van der Waals surface area contributed by atoms with Gasteiger partial charge in [0.1, 0.15) is 6.04 Å².